The highest BCUT2D eigenvalue weighted by Crippen LogP contribution is 2.34. The van der Waals surface area contributed by atoms with Crippen LogP contribution in [-0.4, -0.2) is 29.4 Å². The van der Waals surface area contributed by atoms with E-state index < -0.39 is 0 Å². The van der Waals surface area contributed by atoms with Gasteiger partial charge in [-0.2, -0.15) is 0 Å². The number of carbonyl (C=O) groups excluding carboxylic acids is 1. The predicted molar refractivity (Wildman–Crippen MR) is 55.6 cm³/mol. The van der Waals surface area contributed by atoms with Crippen LogP contribution in [0, 0.1) is 5.92 Å². The monoisotopic (exact) mass is 194 g/mol. The fraction of sp³-hybridized carbons (Fsp3) is 0.727. The lowest BCUT2D eigenvalue weighted by Gasteiger charge is -2.26. The van der Waals surface area contributed by atoms with E-state index >= 15 is 0 Å². The van der Waals surface area contributed by atoms with Gasteiger partial charge in [0.2, 0.25) is 5.91 Å². The summed E-state index contributed by atoms with van der Waals surface area (Å²) < 4.78 is 0. The first-order valence-electron chi connectivity index (χ1n) is 5.39. The molecular formula is C11H18N2O. The van der Waals surface area contributed by atoms with Crippen molar-refractivity contribution in [2.75, 3.05) is 6.54 Å². The van der Waals surface area contributed by atoms with E-state index in [1.54, 1.807) is 6.08 Å². The quantitative estimate of drug-likeness (QED) is 0.630. The maximum Gasteiger partial charge on any atom is 0.246 e. The summed E-state index contributed by atoms with van der Waals surface area (Å²) in [5.74, 6) is 0.812. The molecule has 1 saturated heterocycles. The van der Waals surface area contributed by atoms with Gasteiger partial charge in [0.25, 0.3) is 0 Å². The summed E-state index contributed by atoms with van der Waals surface area (Å²) in [5.41, 5.74) is 5.94. The van der Waals surface area contributed by atoms with Crippen molar-refractivity contribution < 1.29 is 4.79 Å². The third-order valence-electron chi connectivity index (χ3n) is 3.30. The Morgan fingerprint density at radius 1 is 1.43 bits per heavy atom. The van der Waals surface area contributed by atoms with E-state index in [2.05, 4.69) is 0 Å². The van der Waals surface area contributed by atoms with Gasteiger partial charge in [0.15, 0.2) is 0 Å². The summed E-state index contributed by atoms with van der Waals surface area (Å²) in [6.45, 7) is 2.80. The molecular weight excluding hydrogens is 176 g/mol. The van der Waals surface area contributed by atoms with Crippen LogP contribution in [0.25, 0.3) is 0 Å². The summed E-state index contributed by atoms with van der Waals surface area (Å²) in [4.78, 5) is 13.7. The van der Waals surface area contributed by atoms with Gasteiger partial charge in [-0.1, -0.05) is 6.08 Å². The average Bonchev–Trinajstić information content (AvgIpc) is 2.42. The molecule has 1 aliphatic carbocycles. The van der Waals surface area contributed by atoms with Gasteiger partial charge in [-0.25, -0.2) is 0 Å². The molecule has 3 atom stereocenters. The molecule has 3 nitrogen and oxygen atoms in total. The van der Waals surface area contributed by atoms with Gasteiger partial charge in [-0.3, -0.25) is 4.79 Å². The van der Waals surface area contributed by atoms with Crippen LogP contribution in [0.4, 0.5) is 0 Å². The SMILES string of the molecule is C/C=C/C(=O)N1CC2CC(N)CC1C2. The van der Waals surface area contributed by atoms with Crippen molar-refractivity contribution in [3.63, 3.8) is 0 Å². The van der Waals surface area contributed by atoms with Gasteiger partial charge in [-0.05, 0) is 38.2 Å². The molecule has 2 rings (SSSR count). The molecule has 0 aromatic rings. The third kappa shape index (κ3) is 1.69. The lowest BCUT2D eigenvalue weighted by atomic mass is 9.87. The standard InChI is InChI=1S/C11H18N2O/c1-2-3-11(14)13-7-8-4-9(12)6-10(13)5-8/h2-3,8-10H,4-7,12H2,1H3/b3-2+. The normalized spacial score (nSPS) is 36.7. The second-order valence-electron chi connectivity index (χ2n) is 4.48. The molecule has 1 aliphatic heterocycles. The van der Waals surface area contributed by atoms with Crippen LogP contribution in [0.3, 0.4) is 0 Å². The van der Waals surface area contributed by atoms with Crippen molar-refractivity contribution >= 4 is 5.91 Å². The molecule has 3 heteroatoms. The molecule has 2 N–H and O–H groups in total. The van der Waals surface area contributed by atoms with Crippen LogP contribution in [0.5, 0.6) is 0 Å². The third-order valence-corrected chi connectivity index (χ3v) is 3.30. The molecule has 78 valence electrons. The smallest absolute Gasteiger partial charge is 0.246 e. The van der Waals surface area contributed by atoms with E-state index in [0.717, 1.165) is 25.8 Å². The Labute approximate surface area is 84.9 Å². The highest BCUT2D eigenvalue weighted by atomic mass is 16.2. The Balaban J connectivity index is 2.05. The van der Waals surface area contributed by atoms with E-state index in [0.29, 0.717) is 18.0 Å². The highest BCUT2D eigenvalue weighted by Gasteiger charge is 2.39. The molecule has 2 fully saturated rings. The van der Waals surface area contributed by atoms with E-state index in [1.165, 1.54) is 0 Å². The molecule has 0 aromatic carbocycles. The highest BCUT2D eigenvalue weighted by molar-refractivity contribution is 5.88. The van der Waals surface area contributed by atoms with Crippen LogP contribution in [0.15, 0.2) is 12.2 Å². The fourth-order valence-electron chi connectivity index (χ4n) is 2.79. The zero-order chi connectivity index (χ0) is 10.1. The Morgan fingerprint density at radius 2 is 2.21 bits per heavy atom. The van der Waals surface area contributed by atoms with Crippen molar-refractivity contribution in [2.24, 2.45) is 11.7 Å². The zero-order valence-corrected chi connectivity index (χ0v) is 8.65. The summed E-state index contributed by atoms with van der Waals surface area (Å²) in [6, 6.07) is 0.717. The summed E-state index contributed by atoms with van der Waals surface area (Å²) in [6.07, 6.45) is 6.71. The number of amides is 1. The van der Waals surface area contributed by atoms with Crippen LogP contribution >= 0.6 is 0 Å². The maximum absolute atomic E-state index is 11.7. The van der Waals surface area contributed by atoms with Gasteiger partial charge in [0.05, 0.1) is 0 Å². The average molecular weight is 194 g/mol. The molecule has 1 amide bonds. The van der Waals surface area contributed by atoms with Gasteiger partial charge < -0.3 is 10.6 Å². The minimum atomic E-state index is 0.161. The molecule has 1 heterocycles. The van der Waals surface area contributed by atoms with Gasteiger partial charge in [0.1, 0.15) is 0 Å². The number of nitrogens with two attached hydrogens (primary N) is 1. The molecule has 2 bridgehead atoms. The van der Waals surface area contributed by atoms with Crippen LogP contribution < -0.4 is 5.73 Å². The second kappa shape index (κ2) is 3.73. The minimum absolute atomic E-state index is 0.161. The number of hydrogen-bond acceptors (Lipinski definition) is 2. The van der Waals surface area contributed by atoms with Crippen LogP contribution in [0.1, 0.15) is 26.2 Å². The molecule has 1 saturated carbocycles. The number of nitrogens with zero attached hydrogens (tertiary/aromatic N) is 1. The molecule has 0 spiro atoms. The number of hydrogen-bond donors (Lipinski definition) is 1. The molecule has 14 heavy (non-hydrogen) atoms. The van der Waals surface area contributed by atoms with Crippen molar-refractivity contribution in [1.82, 2.24) is 4.90 Å². The van der Waals surface area contributed by atoms with Gasteiger partial charge in [0, 0.05) is 18.6 Å². The Kier molecular flexibility index (Phi) is 2.59. The number of carbonyl (C=O) groups is 1. The Bertz CT molecular complexity index is 262. The van der Waals surface area contributed by atoms with E-state index in [1.807, 2.05) is 17.9 Å². The van der Waals surface area contributed by atoms with Crippen molar-refractivity contribution in [2.45, 2.75) is 38.3 Å². The van der Waals surface area contributed by atoms with Crippen molar-refractivity contribution in [3.05, 3.63) is 12.2 Å². The summed E-state index contributed by atoms with van der Waals surface area (Å²) in [5, 5.41) is 0. The lowest BCUT2D eigenvalue weighted by molar-refractivity contribution is -0.126. The van der Waals surface area contributed by atoms with Gasteiger partial charge >= 0.3 is 0 Å². The first-order chi connectivity index (χ1) is 6.70. The Hall–Kier alpha value is -0.830. The van der Waals surface area contributed by atoms with Crippen LogP contribution in [-0.2, 0) is 4.79 Å². The molecule has 3 unspecified atom stereocenters. The zero-order valence-electron chi connectivity index (χ0n) is 8.65. The van der Waals surface area contributed by atoms with Gasteiger partial charge in [-0.15, -0.1) is 0 Å². The molecule has 0 aromatic heterocycles. The Morgan fingerprint density at radius 3 is 2.93 bits per heavy atom. The fourth-order valence-corrected chi connectivity index (χ4v) is 2.79. The van der Waals surface area contributed by atoms with E-state index in [9.17, 15) is 4.79 Å². The number of rotatable bonds is 1. The number of allylic oxidation sites excluding steroid dienone is 1. The largest absolute Gasteiger partial charge is 0.336 e. The minimum Gasteiger partial charge on any atom is -0.336 e. The van der Waals surface area contributed by atoms with Crippen molar-refractivity contribution in [3.8, 4) is 0 Å². The summed E-state index contributed by atoms with van der Waals surface area (Å²) in [7, 11) is 0. The second-order valence-corrected chi connectivity index (χ2v) is 4.48. The summed E-state index contributed by atoms with van der Waals surface area (Å²) >= 11 is 0. The first-order valence-corrected chi connectivity index (χ1v) is 5.39. The maximum atomic E-state index is 11.7. The topological polar surface area (TPSA) is 46.3 Å². The molecule has 0 radical (unpaired) electrons. The lowest BCUT2D eigenvalue weighted by Crippen LogP contribution is -2.38. The number of fused-ring (bicyclic) bond motifs is 2. The van der Waals surface area contributed by atoms with E-state index in [-0.39, 0.29) is 5.91 Å². The van der Waals surface area contributed by atoms with Crippen molar-refractivity contribution in [1.29, 1.82) is 0 Å². The first kappa shape index (κ1) is 9.71. The number of likely N-dealkylation sites (tertiary alicyclic amines) is 1. The molecule has 2 aliphatic rings. The van der Waals surface area contributed by atoms with Crippen LogP contribution in [0.2, 0.25) is 0 Å². The van der Waals surface area contributed by atoms with E-state index in [4.69, 9.17) is 5.73 Å². The predicted octanol–water partition coefficient (Wildman–Crippen LogP) is 0.901.